The fourth-order valence-corrected chi connectivity index (χ4v) is 2.49. The molecular formula is C16H18ClNO. The van der Waals surface area contributed by atoms with E-state index in [4.69, 9.17) is 16.3 Å². The number of nitrogens with zero attached hydrogens (tertiary/aromatic N) is 1. The van der Waals surface area contributed by atoms with Crippen LogP contribution in [-0.2, 0) is 0 Å². The normalized spacial score (nSPS) is 13.9. The highest BCUT2D eigenvalue weighted by molar-refractivity contribution is 6.21. The van der Waals surface area contributed by atoms with E-state index in [1.165, 1.54) is 11.1 Å². The number of ether oxygens (including phenoxy) is 1. The lowest BCUT2D eigenvalue weighted by molar-refractivity contribution is 0.407. The van der Waals surface area contributed by atoms with Gasteiger partial charge in [-0.25, -0.2) is 0 Å². The average molecular weight is 276 g/mol. The van der Waals surface area contributed by atoms with Crippen LogP contribution in [0.4, 0.5) is 0 Å². The Morgan fingerprint density at radius 3 is 2.47 bits per heavy atom. The first kappa shape index (κ1) is 13.9. The molecule has 3 heteroatoms. The third-order valence-corrected chi connectivity index (χ3v) is 3.97. The first-order valence-electron chi connectivity index (χ1n) is 6.32. The summed E-state index contributed by atoms with van der Waals surface area (Å²) in [5.41, 5.74) is 3.40. The summed E-state index contributed by atoms with van der Waals surface area (Å²) in [4.78, 5) is 4.04. The number of halogens is 1. The summed E-state index contributed by atoms with van der Waals surface area (Å²) in [7, 11) is 1.68. The third-order valence-electron chi connectivity index (χ3n) is 3.35. The van der Waals surface area contributed by atoms with Gasteiger partial charge in [-0.3, -0.25) is 4.98 Å². The molecule has 1 aromatic carbocycles. The van der Waals surface area contributed by atoms with Crippen molar-refractivity contribution in [3.8, 4) is 5.75 Å². The Morgan fingerprint density at radius 1 is 1.16 bits per heavy atom. The van der Waals surface area contributed by atoms with Gasteiger partial charge < -0.3 is 4.74 Å². The van der Waals surface area contributed by atoms with Gasteiger partial charge in [0.1, 0.15) is 5.75 Å². The minimum atomic E-state index is -0.128. The number of benzene rings is 1. The van der Waals surface area contributed by atoms with E-state index in [1.54, 1.807) is 19.5 Å². The molecule has 2 unspecified atom stereocenters. The second-order valence-electron chi connectivity index (χ2n) is 4.72. The molecule has 0 aliphatic carbocycles. The molecule has 0 N–H and O–H groups in total. The van der Waals surface area contributed by atoms with Crippen LogP contribution < -0.4 is 4.74 Å². The summed E-state index contributed by atoms with van der Waals surface area (Å²) in [6, 6.07) is 10.1. The minimum absolute atomic E-state index is 0.128. The Labute approximate surface area is 119 Å². The molecule has 0 fully saturated rings. The fraction of sp³-hybridized carbons (Fsp3) is 0.312. The summed E-state index contributed by atoms with van der Waals surface area (Å²) >= 11 is 6.65. The lowest BCUT2D eigenvalue weighted by atomic mass is 9.92. The highest BCUT2D eigenvalue weighted by Crippen LogP contribution is 2.40. The van der Waals surface area contributed by atoms with Gasteiger partial charge in [-0.1, -0.05) is 24.6 Å². The van der Waals surface area contributed by atoms with Gasteiger partial charge in [-0.15, -0.1) is 11.6 Å². The van der Waals surface area contributed by atoms with Crippen molar-refractivity contribution in [3.05, 3.63) is 59.4 Å². The predicted octanol–water partition coefficient (Wildman–Crippen LogP) is 4.48. The number of pyridine rings is 1. The van der Waals surface area contributed by atoms with E-state index in [0.717, 1.165) is 11.3 Å². The number of aromatic nitrogens is 1. The maximum Gasteiger partial charge on any atom is 0.123 e. The second-order valence-corrected chi connectivity index (χ2v) is 5.19. The topological polar surface area (TPSA) is 22.1 Å². The van der Waals surface area contributed by atoms with Crippen LogP contribution in [0.2, 0.25) is 0 Å². The quantitative estimate of drug-likeness (QED) is 0.768. The smallest absolute Gasteiger partial charge is 0.123 e. The minimum Gasteiger partial charge on any atom is -0.496 e. The number of hydrogen-bond donors (Lipinski definition) is 0. The molecule has 1 aromatic heterocycles. The number of rotatable bonds is 4. The molecule has 100 valence electrons. The van der Waals surface area contributed by atoms with Crippen LogP contribution in [-0.4, -0.2) is 12.1 Å². The Kier molecular flexibility index (Phi) is 4.43. The monoisotopic (exact) mass is 275 g/mol. The van der Waals surface area contributed by atoms with Gasteiger partial charge in [0.05, 0.1) is 12.5 Å². The summed E-state index contributed by atoms with van der Waals surface area (Å²) in [6.07, 6.45) is 3.59. The van der Waals surface area contributed by atoms with Crippen molar-refractivity contribution in [2.24, 2.45) is 0 Å². The molecule has 0 spiro atoms. The van der Waals surface area contributed by atoms with Crippen molar-refractivity contribution in [3.63, 3.8) is 0 Å². The molecule has 19 heavy (non-hydrogen) atoms. The molecule has 0 amide bonds. The molecular weight excluding hydrogens is 258 g/mol. The number of alkyl halides is 1. The van der Waals surface area contributed by atoms with Gasteiger partial charge in [0.15, 0.2) is 0 Å². The SMILES string of the molecule is COc1ccc(C)cc1C(Cl)C(C)c1ccncc1. The van der Waals surface area contributed by atoms with Gasteiger partial charge in [0.25, 0.3) is 0 Å². The van der Waals surface area contributed by atoms with Gasteiger partial charge in [0, 0.05) is 23.9 Å². The second kappa shape index (κ2) is 6.07. The van der Waals surface area contributed by atoms with E-state index in [2.05, 4.69) is 24.9 Å². The number of aryl methyl sites for hydroxylation is 1. The zero-order valence-corrected chi connectivity index (χ0v) is 12.2. The lowest BCUT2D eigenvalue weighted by Gasteiger charge is -2.21. The van der Waals surface area contributed by atoms with Crippen LogP contribution in [0.3, 0.4) is 0 Å². The molecule has 0 saturated carbocycles. The molecule has 0 aliphatic rings. The Balaban J connectivity index is 2.33. The maximum atomic E-state index is 6.65. The third kappa shape index (κ3) is 3.07. The van der Waals surface area contributed by atoms with Crippen molar-refractivity contribution < 1.29 is 4.74 Å². The molecule has 1 heterocycles. The summed E-state index contributed by atoms with van der Waals surface area (Å²) in [5, 5.41) is -0.128. The Bertz CT molecular complexity index is 542. The van der Waals surface area contributed by atoms with Crippen molar-refractivity contribution in [2.45, 2.75) is 25.1 Å². The number of hydrogen-bond acceptors (Lipinski definition) is 2. The van der Waals surface area contributed by atoms with Crippen molar-refractivity contribution in [1.82, 2.24) is 4.98 Å². The molecule has 2 atom stereocenters. The highest BCUT2D eigenvalue weighted by Gasteiger charge is 2.21. The van der Waals surface area contributed by atoms with Crippen LogP contribution in [0.5, 0.6) is 5.75 Å². The molecule has 2 rings (SSSR count). The molecule has 2 aromatic rings. The Hall–Kier alpha value is -1.54. The van der Waals surface area contributed by atoms with Gasteiger partial charge >= 0.3 is 0 Å². The summed E-state index contributed by atoms with van der Waals surface area (Å²) < 4.78 is 5.41. The number of methoxy groups -OCH3 is 1. The average Bonchev–Trinajstić information content (AvgIpc) is 2.46. The van der Waals surface area contributed by atoms with Crippen molar-refractivity contribution in [1.29, 1.82) is 0 Å². The maximum absolute atomic E-state index is 6.65. The van der Waals surface area contributed by atoms with E-state index >= 15 is 0 Å². The molecule has 0 radical (unpaired) electrons. The van der Waals surface area contributed by atoms with E-state index in [0.29, 0.717) is 0 Å². The standard InChI is InChI=1S/C16H18ClNO/c1-11-4-5-15(19-3)14(10-11)16(17)12(2)13-6-8-18-9-7-13/h4-10,12,16H,1-3H3. The van der Waals surface area contributed by atoms with Gasteiger partial charge in [-0.2, -0.15) is 0 Å². The molecule has 0 bridgehead atoms. The van der Waals surface area contributed by atoms with E-state index in [9.17, 15) is 0 Å². The zero-order valence-electron chi connectivity index (χ0n) is 11.4. The van der Waals surface area contributed by atoms with Crippen molar-refractivity contribution in [2.75, 3.05) is 7.11 Å². The van der Waals surface area contributed by atoms with Crippen LogP contribution in [0.25, 0.3) is 0 Å². The molecule has 0 aliphatic heterocycles. The van der Waals surface area contributed by atoms with Crippen LogP contribution in [0.15, 0.2) is 42.7 Å². The van der Waals surface area contributed by atoms with E-state index in [-0.39, 0.29) is 11.3 Å². The largest absolute Gasteiger partial charge is 0.496 e. The van der Waals surface area contributed by atoms with Crippen LogP contribution >= 0.6 is 11.6 Å². The Morgan fingerprint density at radius 2 is 1.84 bits per heavy atom. The van der Waals surface area contributed by atoms with Gasteiger partial charge in [-0.05, 0) is 30.7 Å². The highest BCUT2D eigenvalue weighted by atomic mass is 35.5. The van der Waals surface area contributed by atoms with E-state index in [1.807, 2.05) is 24.3 Å². The van der Waals surface area contributed by atoms with Gasteiger partial charge in [0.2, 0.25) is 0 Å². The molecule has 0 saturated heterocycles. The fourth-order valence-electron chi connectivity index (χ4n) is 2.17. The zero-order chi connectivity index (χ0) is 13.8. The van der Waals surface area contributed by atoms with Crippen LogP contribution in [0.1, 0.15) is 34.9 Å². The predicted molar refractivity (Wildman–Crippen MR) is 79.0 cm³/mol. The lowest BCUT2D eigenvalue weighted by Crippen LogP contribution is -2.05. The van der Waals surface area contributed by atoms with Crippen LogP contribution in [0, 0.1) is 6.92 Å². The summed E-state index contributed by atoms with van der Waals surface area (Å²) in [6.45, 7) is 4.18. The first-order valence-corrected chi connectivity index (χ1v) is 6.75. The van der Waals surface area contributed by atoms with Crippen molar-refractivity contribution >= 4 is 11.6 Å². The first-order chi connectivity index (χ1) is 9.13. The van der Waals surface area contributed by atoms with E-state index < -0.39 is 0 Å². The molecule has 2 nitrogen and oxygen atoms in total. The summed E-state index contributed by atoms with van der Waals surface area (Å²) in [5.74, 6) is 1.03.